The van der Waals surface area contributed by atoms with Gasteiger partial charge < -0.3 is 0 Å². The van der Waals surface area contributed by atoms with E-state index in [1.54, 1.807) is 30.3 Å². The van der Waals surface area contributed by atoms with E-state index in [9.17, 15) is 12.8 Å². The molecule has 0 saturated carbocycles. The first kappa shape index (κ1) is 14.3. The summed E-state index contributed by atoms with van der Waals surface area (Å²) in [7, 11) is -3.57. The first-order chi connectivity index (χ1) is 9.59. The highest BCUT2D eigenvalue weighted by molar-refractivity contribution is 7.89. The van der Waals surface area contributed by atoms with Crippen LogP contribution in [-0.4, -0.2) is 15.0 Å². The number of benzene rings is 2. The van der Waals surface area contributed by atoms with Gasteiger partial charge in [-0.2, -0.15) is 4.72 Å². The van der Waals surface area contributed by atoms with Crippen LogP contribution in [0.3, 0.4) is 0 Å². The van der Waals surface area contributed by atoms with Crippen LogP contribution in [0.25, 0.3) is 0 Å². The summed E-state index contributed by atoms with van der Waals surface area (Å²) in [6.45, 7) is -0.0778. The Morgan fingerprint density at radius 1 is 1.00 bits per heavy atom. The number of hydrogen-bond donors (Lipinski definition) is 1. The molecule has 2 rings (SSSR count). The van der Waals surface area contributed by atoms with Gasteiger partial charge in [0.15, 0.2) is 0 Å². The average Bonchev–Trinajstić information content (AvgIpc) is 2.46. The van der Waals surface area contributed by atoms with Gasteiger partial charge in [-0.15, -0.1) is 0 Å². The van der Waals surface area contributed by atoms with E-state index in [-0.39, 0.29) is 17.0 Å². The molecule has 0 radical (unpaired) electrons. The molecule has 0 fully saturated rings. The highest BCUT2D eigenvalue weighted by atomic mass is 32.2. The average molecular weight is 289 g/mol. The molecule has 0 aliphatic heterocycles. The van der Waals surface area contributed by atoms with Crippen LogP contribution in [-0.2, 0) is 10.0 Å². The maximum atomic E-state index is 13.3. The summed E-state index contributed by atoms with van der Waals surface area (Å²) in [5, 5.41) is 0. The highest BCUT2D eigenvalue weighted by Crippen LogP contribution is 2.06. The van der Waals surface area contributed by atoms with Gasteiger partial charge in [0.1, 0.15) is 5.82 Å². The number of hydrogen-bond acceptors (Lipinski definition) is 2. The Morgan fingerprint density at radius 2 is 1.65 bits per heavy atom. The molecule has 0 aliphatic rings. The van der Waals surface area contributed by atoms with Crippen molar-refractivity contribution >= 4 is 10.0 Å². The Hall–Kier alpha value is -2.16. The Kier molecular flexibility index (Phi) is 4.51. The maximum Gasteiger partial charge on any atom is 0.241 e. The molecule has 3 nitrogen and oxygen atoms in total. The molecular weight excluding hydrogens is 277 g/mol. The molecule has 0 bridgehead atoms. The van der Waals surface area contributed by atoms with Gasteiger partial charge in [-0.25, -0.2) is 12.8 Å². The lowest BCUT2D eigenvalue weighted by atomic mass is 10.2. The molecule has 2 aromatic rings. The van der Waals surface area contributed by atoms with Crippen molar-refractivity contribution in [1.82, 2.24) is 4.72 Å². The number of sulfonamides is 1. The molecule has 0 unspecified atom stereocenters. The van der Waals surface area contributed by atoms with E-state index in [2.05, 4.69) is 16.6 Å². The number of halogens is 1. The van der Waals surface area contributed by atoms with Gasteiger partial charge in [-0.1, -0.05) is 42.2 Å². The summed E-state index contributed by atoms with van der Waals surface area (Å²) in [4.78, 5) is 0.174. The number of nitrogens with one attached hydrogen (secondary N) is 1. The van der Waals surface area contributed by atoms with Crippen LogP contribution in [0.1, 0.15) is 5.56 Å². The molecule has 0 aromatic heterocycles. The third-order valence-corrected chi connectivity index (χ3v) is 3.92. The second kappa shape index (κ2) is 6.33. The van der Waals surface area contributed by atoms with Gasteiger partial charge in [0.05, 0.1) is 17.0 Å². The van der Waals surface area contributed by atoms with Crippen molar-refractivity contribution in [3.8, 4) is 11.8 Å². The molecule has 2 aromatic carbocycles. The molecule has 0 aliphatic carbocycles. The predicted octanol–water partition coefficient (Wildman–Crippen LogP) is 2.16. The molecule has 0 amide bonds. The molecule has 0 spiro atoms. The summed E-state index contributed by atoms with van der Waals surface area (Å²) in [6.07, 6.45) is 0. The number of rotatable bonds is 3. The molecule has 5 heteroatoms. The van der Waals surface area contributed by atoms with Gasteiger partial charge in [-0.3, -0.25) is 0 Å². The Labute approximate surface area is 117 Å². The third kappa shape index (κ3) is 3.67. The van der Waals surface area contributed by atoms with Crippen molar-refractivity contribution in [1.29, 1.82) is 0 Å². The SMILES string of the molecule is O=S(=O)(NCC#Cc1ccccc1F)c1ccccc1. The van der Waals surface area contributed by atoms with Crippen molar-refractivity contribution < 1.29 is 12.8 Å². The minimum absolute atomic E-state index is 0.0778. The predicted molar refractivity (Wildman–Crippen MR) is 74.9 cm³/mol. The van der Waals surface area contributed by atoms with Crippen molar-refractivity contribution in [2.45, 2.75) is 4.90 Å². The first-order valence-corrected chi connectivity index (χ1v) is 7.36. The van der Waals surface area contributed by atoms with Gasteiger partial charge in [0, 0.05) is 0 Å². The molecule has 20 heavy (non-hydrogen) atoms. The van der Waals surface area contributed by atoms with Gasteiger partial charge in [0.25, 0.3) is 0 Å². The minimum atomic E-state index is -3.57. The monoisotopic (exact) mass is 289 g/mol. The Balaban J connectivity index is 2.03. The Bertz CT molecular complexity index is 746. The lowest BCUT2D eigenvalue weighted by Crippen LogP contribution is -2.23. The molecule has 1 N–H and O–H groups in total. The second-order valence-corrected chi connectivity index (χ2v) is 5.69. The minimum Gasteiger partial charge on any atom is -0.207 e. The van der Waals surface area contributed by atoms with Crippen molar-refractivity contribution in [3.05, 3.63) is 66.0 Å². The fourth-order valence-electron chi connectivity index (χ4n) is 1.52. The smallest absolute Gasteiger partial charge is 0.207 e. The van der Waals surface area contributed by atoms with Crippen molar-refractivity contribution in [2.24, 2.45) is 0 Å². The zero-order valence-corrected chi connectivity index (χ0v) is 11.3. The van der Waals surface area contributed by atoms with Crippen LogP contribution >= 0.6 is 0 Å². The molecule has 0 heterocycles. The van der Waals surface area contributed by atoms with E-state index in [0.29, 0.717) is 0 Å². The van der Waals surface area contributed by atoms with E-state index in [1.807, 2.05) is 0 Å². The van der Waals surface area contributed by atoms with Crippen LogP contribution in [0.4, 0.5) is 4.39 Å². The third-order valence-electron chi connectivity index (χ3n) is 2.50. The summed E-state index contributed by atoms with van der Waals surface area (Å²) in [5.74, 6) is 4.75. The molecular formula is C15H12FNO2S. The van der Waals surface area contributed by atoms with Crippen LogP contribution < -0.4 is 4.72 Å². The fraction of sp³-hybridized carbons (Fsp3) is 0.0667. The van der Waals surface area contributed by atoms with E-state index >= 15 is 0 Å². The van der Waals surface area contributed by atoms with E-state index in [4.69, 9.17) is 0 Å². The van der Waals surface area contributed by atoms with Gasteiger partial charge >= 0.3 is 0 Å². The zero-order chi connectivity index (χ0) is 14.4. The quantitative estimate of drug-likeness (QED) is 0.880. The van der Waals surface area contributed by atoms with Crippen LogP contribution in [0.2, 0.25) is 0 Å². The maximum absolute atomic E-state index is 13.3. The summed E-state index contributed by atoms with van der Waals surface area (Å²) in [6, 6.07) is 14.1. The van der Waals surface area contributed by atoms with Gasteiger partial charge in [-0.05, 0) is 24.3 Å². The lowest BCUT2D eigenvalue weighted by Gasteiger charge is -2.02. The topological polar surface area (TPSA) is 46.2 Å². The summed E-state index contributed by atoms with van der Waals surface area (Å²) in [5.41, 5.74) is 0.242. The standard InChI is InChI=1S/C15H12FNO2S/c16-15-11-5-4-7-13(15)8-6-12-17-20(18,19)14-9-2-1-3-10-14/h1-5,7,9-11,17H,12H2. The molecule has 102 valence electrons. The summed E-state index contributed by atoms with van der Waals surface area (Å²) >= 11 is 0. The largest absolute Gasteiger partial charge is 0.241 e. The normalized spacial score (nSPS) is 10.7. The second-order valence-electron chi connectivity index (χ2n) is 3.92. The fourth-order valence-corrected chi connectivity index (χ4v) is 2.46. The summed E-state index contributed by atoms with van der Waals surface area (Å²) < 4.78 is 39.3. The Morgan fingerprint density at radius 3 is 2.35 bits per heavy atom. The van der Waals surface area contributed by atoms with E-state index in [0.717, 1.165) is 0 Å². The van der Waals surface area contributed by atoms with Crippen molar-refractivity contribution in [3.63, 3.8) is 0 Å². The molecule has 0 atom stereocenters. The van der Waals surface area contributed by atoms with E-state index < -0.39 is 15.8 Å². The lowest BCUT2D eigenvalue weighted by molar-refractivity contribution is 0.586. The van der Waals surface area contributed by atoms with E-state index in [1.165, 1.54) is 24.3 Å². The molecule has 0 saturated heterocycles. The van der Waals surface area contributed by atoms with Crippen LogP contribution in [0.15, 0.2) is 59.5 Å². The zero-order valence-electron chi connectivity index (χ0n) is 10.5. The van der Waals surface area contributed by atoms with Crippen LogP contribution in [0.5, 0.6) is 0 Å². The highest BCUT2D eigenvalue weighted by Gasteiger charge is 2.11. The van der Waals surface area contributed by atoms with Gasteiger partial charge in [0.2, 0.25) is 10.0 Å². The van der Waals surface area contributed by atoms with Crippen LogP contribution in [0, 0.1) is 17.7 Å². The van der Waals surface area contributed by atoms with Crippen molar-refractivity contribution in [2.75, 3.05) is 6.54 Å². The first-order valence-electron chi connectivity index (χ1n) is 5.88.